The van der Waals surface area contributed by atoms with Crippen LogP contribution in [-0.2, 0) is 16.6 Å². The third kappa shape index (κ3) is 5.80. The standard InChI is InChI=1S/C21H25F2IN2O2/c1-20(2,3)15-8-6-14(7-9-15)12-18(27)26-19(21(22,23)24-4)17-11-10-16(28-5)13-25-17/h6-11,13,19H,4,12H2,1-3,5H3,(H,26,27)/t19-/m0/s1. The summed E-state index contributed by atoms with van der Waals surface area (Å²) in [5, 5.41) is 2.45. The number of nitrogens with one attached hydrogen (secondary N) is 1. The molecule has 2 aromatic rings. The topological polar surface area (TPSA) is 51.2 Å². The molecular weight excluding hydrogens is 477 g/mol. The van der Waals surface area contributed by atoms with Crippen molar-refractivity contribution in [2.75, 3.05) is 7.11 Å². The fourth-order valence-electron chi connectivity index (χ4n) is 2.60. The summed E-state index contributed by atoms with van der Waals surface area (Å²) < 4.78 is 34.2. The van der Waals surface area contributed by atoms with Gasteiger partial charge in [0, 0.05) is 0 Å². The first-order valence-electron chi connectivity index (χ1n) is 8.73. The van der Waals surface area contributed by atoms with E-state index in [1.807, 2.05) is 24.3 Å². The van der Waals surface area contributed by atoms with Crippen molar-refractivity contribution in [1.29, 1.82) is 0 Å². The number of nitrogens with zero attached hydrogens (tertiary/aromatic N) is 1. The Labute approximate surface area is 174 Å². The molecule has 1 amide bonds. The van der Waals surface area contributed by atoms with Crippen molar-refractivity contribution in [3.8, 4) is 5.75 Å². The molecule has 2 rings (SSSR count). The van der Waals surface area contributed by atoms with Gasteiger partial charge in [0.1, 0.15) is 11.8 Å². The van der Waals surface area contributed by atoms with Crippen molar-refractivity contribution in [2.45, 2.75) is 42.6 Å². The highest BCUT2D eigenvalue weighted by atomic mass is 127. The van der Waals surface area contributed by atoms with Crippen LogP contribution < -0.4 is 10.1 Å². The van der Waals surface area contributed by atoms with E-state index in [0.717, 1.165) is 11.1 Å². The summed E-state index contributed by atoms with van der Waals surface area (Å²) in [6, 6.07) is 9.10. The smallest absolute Gasteiger partial charge is 0.316 e. The molecule has 0 fully saturated rings. The van der Waals surface area contributed by atoms with E-state index in [1.165, 1.54) is 19.4 Å². The number of rotatable bonds is 7. The molecule has 1 aromatic carbocycles. The average Bonchev–Trinajstić information content (AvgIpc) is 2.66. The van der Waals surface area contributed by atoms with Crippen LogP contribution in [0.5, 0.6) is 5.75 Å². The Morgan fingerprint density at radius 3 is 2.32 bits per heavy atom. The molecule has 1 heterocycles. The zero-order valence-corrected chi connectivity index (χ0v) is 18.6. The summed E-state index contributed by atoms with van der Waals surface area (Å²) in [7, 11) is 1.47. The van der Waals surface area contributed by atoms with E-state index in [9.17, 15) is 13.6 Å². The van der Waals surface area contributed by atoms with Crippen LogP contribution in [-0.4, -0.2) is 26.4 Å². The molecule has 0 bridgehead atoms. The molecule has 1 N–H and O–H groups in total. The molecule has 28 heavy (non-hydrogen) atoms. The van der Waals surface area contributed by atoms with Crippen LogP contribution in [0.2, 0.25) is 0 Å². The number of amides is 1. The van der Waals surface area contributed by atoms with Crippen molar-refractivity contribution >= 4 is 31.2 Å². The predicted octanol–water partition coefficient (Wildman–Crippen LogP) is 4.78. The van der Waals surface area contributed by atoms with Gasteiger partial charge in [-0.1, -0.05) is 49.6 Å². The number of halogens is 3. The van der Waals surface area contributed by atoms with Gasteiger partial charge in [-0.2, -0.15) is 8.78 Å². The molecule has 4 nitrogen and oxygen atoms in total. The van der Waals surface area contributed by atoms with E-state index in [4.69, 9.17) is 4.74 Å². The number of alkyl halides is 3. The molecule has 0 aliphatic rings. The van der Waals surface area contributed by atoms with Crippen molar-refractivity contribution < 1.29 is 18.3 Å². The Hall–Kier alpha value is -1.90. The van der Waals surface area contributed by atoms with Gasteiger partial charge in [0.2, 0.25) is 5.91 Å². The maximum Gasteiger partial charge on any atom is 0.316 e. The van der Waals surface area contributed by atoms with E-state index in [1.54, 1.807) is 6.07 Å². The van der Waals surface area contributed by atoms with Gasteiger partial charge in [0.15, 0.2) is 0 Å². The molecule has 1 aromatic heterocycles. The third-order valence-corrected chi connectivity index (χ3v) is 5.93. The summed E-state index contributed by atoms with van der Waals surface area (Å²) in [6.45, 7) is 6.31. The van der Waals surface area contributed by atoms with Gasteiger partial charge in [-0.05, 0) is 49.4 Å². The first kappa shape index (κ1) is 22.4. The van der Waals surface area contributed by atoms with Gasteiger partial charge in [-0.15, -0.1) is 0 Å². The van der Waals surface area contributed by atoms with Crippen LogP contribution in [0.1, 0.15) is 43.6 Å². The summed E-state index contributed by atoms with van der Waals surface area (Å²) >= 11 is -1.70. The van der Waals surface area contributed by atoms with E-state index < -0.39 is 36.6 Å². The molecule has 7 heteroatoms. The lowest BCUT2D eigenvalue weighted by molar-refractivity contribution is -0.122. The third-order valence-electron chi connectivity index (χ3n) is 4.29. The quantitative estimate of drug-likeness (QED) is 0.438. The van der Waals surface area contributed by atoms with Crippen molar-refractivity contribution in [1.82, 2.24) is 10.3 Å². The number of methoxy groups -OCH3 is 1. The average molecular weight is 502 g/mol. The van der Waals surface area contributed by atoms with Crippen LogP contribution in [0.3, 0.4) is 0 Å². The second-order valence-electron chi connectivity index (χ2n) is 7.42. The minimum absolute atomic E-state index is 0.00572. The van der Waals surface area contributed by atoms with Gasteiger partial charge >= 0.3 is 3.93 Å². The summed E-state index contributed by atoms with van der Waals surface area (Å²) in [4.78, 5) is 16.5. The second kappa shape index (κ2) is 9.07. The molecule has 152 valence electrons. The van der Waals surface area contributed by atoms with E-state index in [2.05, 4.69) is 35.6 Å². The Balaban J connectivity index is 2.17. The second-order valence-corrected chi connectivity index (χ2v) is 9.62. The van der Waals surface area contributed by atoms with Crippen molar-refractivity contribution in [3.05, 3.63) is 59.4 Å². The monoisotopic (exact) mass is 502 g/mol. The molecule has 0 aliphatic carbocycles. The Kier molecular flexibility index (Phi) is 7.25. The summed E-state index contributed by atoms with van der Waals surface area (Å²) in [5.41, 5.74) is 2.00. The molecule has 0 unspecified atom stereocenters. The SMILES string of the molecule is C=IC(F)(F)[C@@H](NC(=O)Cc1ccc(C(C)(C)C)cc1)c1ccc(OC)cn1. The van der Waals surface area contributed by atoms with Gasteiger partial charge in [-0.3, -0.25) is 9.78 Å². The number of hydrogen-bond donors (Lipinski definition) is 1. The summed E-state index contributed by atoms with van der Waals surface area (Å²) in [6.07, 6.45) is 1.37. The highest BCUT2D eigenvalue weighted by Crippen LogP contribution is 2.39. The normalized spacial score (nSPS) is 13.1. The number of hydrogen-bond acceptors (Lipinski definition) is 3. The molecule has 1 atom stereocenters. The lowest BCUT2D eigenvalue weighted by Gasteiger charge is -2.24. The van der Waals surface area contributed by atoms with Crippen LogP contribution in [0.25, 0.3) is 0 Å². The number of benzene rings is 1. The Bertz CT molecular complexity index is 816. The fraction of sp³-hybridized carbons (Fsp3) is 0.381. The van der Waals surface area contributed by atoms with Crippen LogP contribution >= 0.6 is 20.7 Å². The number of pyridine rings is 1. The molecule has 0 aliphatic heterocycles. The van der Waals surface area contributed by atoms with Crippen LogP contribution in [0.4, 0.5) is 8.78 Å². The largest absolute Gasteiger partial charge is 0.495 e. The van der Waals surface area contributed by atoms with E-state index in [0.29, 0.717) is 5.75 Å². The molecule has 0 radical (unpaired) electrons. The van der Waals surface area contributed by atoms with Gasteiger partial charge < -0.3 is 10.1 Å². The lowest BCUT2D eigenvalue weighted by atomic mass is 9.86. The van der Waals surface area contributed by atoms with Gasteiger partial charge in [0.25, 0.3) is 0 Å². The highest BCUT2D eigenvalue weighted by molar-refractivity contribution is 14.2. The maximum atomic E-state index is 14.5. The molecule has 0 saturated heterocycles. The Morgan fingerprint density at radius 2 is 1.86 bits per heavy atom. The van der Waals surface area contributed by atoms with Crippen molar-refractivity contribution in [2.24, 2.45) is 0 Å². The number of carbonyl (C=O) groups excluding carboxylic acids is 1. The lowest BCUT2D eigenvalue weighted by Crippen LogP contribution is -2.38. The number of ether oxygens (including phenoxy) is 1. The van der Waals surface area contributed by atoms with Gasteiger partial charge in [0.05, 0.1) is 25.4 Å². The van der Waals surface area contributed by atoms with E-state index >= 15 is 0 Å². The van der Waals surface area contributed by atoms with Crippen molar-refractivity contribution in [3.63, 3.8) is 0 Å². The number of aromatic nitrogens is 1. The zero-order valence-electron chi connectivity index (χ0n) is 16.4. The maximum absolute atomic E-state index is 14.5. The predicted molar refractivity (Wildman–Crippen MR) is 117 cm³/mol. The first-order valence-corrected chi connectivity index (χ1v) is 11.3. The molecule has 0 saturated carbocycles. The highest BCUT2D eigenvalue weighted by Gasteiger charge is 2.40. The number of carbonyl (C=O) groups is 1. The molecule has 0 spiro atoms. The first-order chi connectivity index (χ1) is 13.1. The van der Waals surface area contributed by atoms with Crippen LogP contribution in [0.15, 0.2) is 42.6 Å². The minimum atomic E-state index is -3.12. The fourth-order valence-corrected chi connectivity index (χ4v) is 3.52. The van der Waals surface area contributed by atoms with Crippen LogP contribution in [0, 0.1) is 0 Å². The minimum Gasteiger partial charge on any atom is -0.495 e. The molecular formula is C21H25F2IN2O2. The van der Waals surface area contributed by atoms with E-state index in [-0.39, 0.29) is 17.5 Å². The Morgan fingerprint density at radius 1 is 1.21 bits per heavy atom. The summed E-state index contributed by atoms with van der Waals surface area (Å²) in [5.74, 6) is -0.0244. The zero-order chi connectivity index (χ0) is 20.9. The van der Waals surface area contributed by atoms with Gasteiger partial charge in [-0.25, -0.2) is 0 Å².